The molecule has 25 heavy (non-hydrogen) atoms. The van der Waals surface area contributed by atoms with Crippen LogP contribution in [0.4, 0.5) is 0 Å². The first-order chi connectivity index (χ1) is 12.0. The van der Waals surface area contributed by atoms with Crippen LogP contribution in [0.5, 0.6) is 0 Å². The van der Waals surface area contributed by atoms with E-state index >= 15 is 0 Å². The highest BCUT2D eigenvalue weighted by Gasteiger charge is 2.42. The van der Waals surface area contributed by atoms with Crippen molar-refractivity contribution in [3.05, 3.63) is 71.8 Å². The molecule has 0 aliphatic carbocycles. The van der Waals surface area contributed by atoms with Gasteiger partial charge in [-0.25, -0.2) is 0 Å². The topological polar surface area (TPSA) is 49.9 Å². The molecule has 0 unspecified atom stereocenters. The minimum Gasteiger partial charge on any atom is -0.364 e. The lowest BCUT2D eigenvalue weighted by atomic mass is 9.94. The summed E-state index contributed by atoms with van der Waals surface area (Å²) < 4.78 is 5.57. The van der Waals surface area contributed by atoms with Crippen molar-refractivity contribution in [1.29, 1.82) is 0 Å². The molecule has 1 aliphatic heterocycles. The fourth-order valence-corrected chi connectivity index (χ4v) is 3.06. The Morgan fingerprint density at radius 2 is 1.68 bits per heavy atom. The number of nitrogens with zero attached hydrogens (tertiary/aromatic N) is 2. The zero-order valence-electron chi connectivity index (χ0n) is 14.5. The van der Waals surface area contributed by atoms with Crippen molar-refractivity contribution in [3.8, 4) is 0 Å². The Morgan fingerprint density at radius 1 is 1.08 bits per heavy atom. The predicted octanol–water partition coefficient (Wildman–Crippen LogP) is 2.38. The number of amides is 2. The fourth-order valence-electron chi connectivity index (χ4n) is 3.06. The first-order valence-corrected chi connectivity index (χ1v) is 8.26. The number of rotatable bonds is 5. The van der Waals surface area contributed by atoms with E-state index in [0.29, 0.717) is 6.54 Å². The Morgan fingerprint density at radius 3 is 2.28 bits per heavy atom. The molecule has 0 spiro atoms. The van der Waals surface area contributed by atoms with Crippen molar-refractivity contribution in [1.82, 2.24) is 9.80 Å². The summed E-state index contributed by atoms with van der Waals surface area (Å²) in [7, 11) is 1.52. The van der Waals surface area contributed by atoms with Gasteiger partial charge in [0, 0.05) is 13.7 Å². The molecule has 1 atom stereocenters. The van der Waals surface area contributed by atoms with Crippen LogP contribution in [0.3, 0.4) is 0 Å². The maximum atomic E-state index is 13.1. The highest BCUT2D eigenvalue weighted by atomic mass is 16.5. The van der Waals surface area contributed by atoms with Crippen LogP contribution >= 0.6 is 0 Å². The molecule has 1 heterocycles. The summed E-state index contributed by atoms with van der Waals surface area (Å²) in [6.45, 7) is 2.60. The molecule has 130 valence electrons. The summed E-state index contributed by atoms with van der Waals surface area (Å²) in [5.74, 6) is -0.256. The molecule has 3 rings (SSSR count). The second kappa shape index (κ2) is 7.07. The summed E-state index contributed by atoms with van der Waals surface area (Å²) in [5.41, 5.74) is 0.712. The SMILES string of the molecule is CO[C@@](C)(C(=O)N1CC(=O)N(Cc2ccccc2)C1)c1ccccc1. The van der Waals surface area contributed by atoms with Crippen LogP contribution < -0.4 is 0 Å². The van der Waals surface area contributed by atoms with E-state index in [9.17, 15) is 9.59 Å². The van der Waals surface area contributed by atoms with Crippen molar-refractivity contribution in [2.45, 2.75) is 19.1 Å². The summed E-state index contributed by atoms with van der Waals surface area (Å²) in [6, 6.07) is 19.1. The number of carbonyl (C=O) groups excluding carboxylic acids is 2. The van der Waals surface area contributed by atoms with Crippen molar-refractivity contribution in [3.63, 3.8) is 0 Å². The third-order valence-corrected chi connectivity index (χ3v) is 4.66. The Hall–Kier alpha value is -2.66. The van der Waals surface area contributed by atoms with Crippen LogP contribution in [0.15, 0.2) is 60.7 Å². The Labute approximate surface area is 147 Å². The summed E-state index contributed by atoms with van der Waals surface area (Å²) >= 11 is 0. The second-order valence-corrected chi connectivity index (χ2v) is 6.33. The lowest BCUT2D eigenvalue weighted by Gasteiger charge is -2.31. The first-order valence-electron chi connectivity index (χ1n) is 8.26. The van der Waals surface area contributed by atoms with Gasteiger partial charge in [-0.2, -0.15) is 0 Å². The van der Waals surface area contributed by atoms with E-state index in [4.69, 9.17) is 4.74 Å². The molecule has 5 nitrogen and oxygen atoms in total. The fraction of sp³-hybridized carbons (Fsp3) is 0.300. The number of methoxy groups -OCH3 is 1. The molecule has 0 saturated carbocycles. The van der Waals surface area contributed by atoms with Crippen LogP contribution in [-0.2, 0) is 26.5 Å². The lowest BCUT2D eigenvalue weighted by Crippen LogP contribution is -2.46. The Bertz CT molecular complexity index is 748. The molecule has 0 bridgehead atoms. The monoisotopic (exact) mass is 338 g/mol. The zero-order valence-corrected chi connectivity index (χ0v) is 14.5. The zero-order chi connectivity index (χ0) is 17.9. The van der Waals surface area contributed by atoms with Crippen LogP contribution in [-0.4, -0.2) is 41.9 Å². The van der Waals surface area contributed by atoms with E-state index in [2.05, 4.69) is 0 Å². The number of ether oxygens (including phenoxy) is 1. The van der Waals surface area contributed by atoms with Crippen molar-refractivity contribution in [2.75, 3.05) is 20.3 Å². The molecular formula is C20H22N2O3. The molecule has 2 aromatic rings. The van der Waals surface area contributed by atoms with Gasteiger partial charge in [0.05, 0.1) is 6.67 Å². The van der Waals surface area contributed by atoms with Crippen molar-refractivity contribution < 1.29 is 14.3 Å². The standard InChI is InChI=1S/C20H22N2O3/c1-20(25-2,17-11-7-4-8-12-17)19(24)22-14-18(23)21(15-22)13-16-9-5-3-6-10-16/h3-12H,13-15H2,1-2H3/t20-/m1/s1. The molecular weight excluding hydrogens is 316 g/mol. The van der Waals surface area contributed by atoms with Gasteiger partial charge in [0.1, 0.15) is 6.54 Å². The third kappa shape index (κ3) is 3.42. The number of hydrogen-bond acceptors (Lipinski definition) is 3. The first kappa shape index (κ1) is 17.2. The molecule has 1 aliphatic rings. The summed E-state index contributed by atoms with van der Waals surface area (Å²) in [4.78, 5) is 28.6. The normalized spacial score (nSPS) is 16.8. The van der Waals surface area contributed by atoms with Gasteiger partial charge in [-0.1, -0.05) is 60.7 Å². The van der Waals surface area contributed by atoms with E-state index in [1.165, 1.54) is 7.11 Å². The van der Waals surface area contributed by atoms with Gasteiger partial charge in [0.25, 0.3) is 5.91 Å². The number of hydrogen-bond donors (Lipinski definition) is 0. The maximum Gasteiger partial charge on any atom is 0.261 e. The van der Waals surface area contributed by atoms with Crippen LogP contribution in [0.2, 0.25) is 0 Å². The molecule has 1 fully saturated rings. The largest absolute Gasteiger partial charge is 0.364 e. The highest BCUT2D eigenvalue weighted by molar-refractivity contribution is 5.92. The van der Waals surface area contributed by atoms with Gasteiger partial charge >= 0.3 is 0 Å². The van der Waals surface area contributed by atoms with Gasteiger partial charge in [-0.3, -0.25) is 9.59 Å². The Kier molecular flexibility index (Phi) is 4.86. The molecule has 5 heteroatoms. The third-order valence-electron chi connectivity index (χ3n) is 4.66. The van der Waals surface area contributed by atoms with E-state index < -0.39 is 5.60 Å². The predicted molar refractivity (Wildman–Crippen MR) is 94.4 cm³/mol. The average Bonchev–Trinajstić information content (AvgIpc) is 3.02. The van der Waals surface area contributed by atoms with Crippen molar-refractivity contribution in [2.24, 2.45) is 0 Å². The maximum absolute atomic E-state index is 13.1. The smallest absolute Gasteiger partial charge is 0.261 e. The molecule has 0 N–H and O–H groups in total. The molecule has 2 amide bonds. The minimum absolute atomic E-state index is 0.0521. The minimum atomic E-state index is -1.11. The van der Waals surface area contributed by atoms with Crippen LogP contribution in [0, 0.1) is 0 Å². The van der Waals surface area contributed by atoms with Gasteiger partial charge < -0.3 is 14.5 Å². The van der Waals surface area contributed by atoms with Crippen LogP contribution in [0.1, 0.15) is 18.1 Å². The quantitative estimate of drug-likeness (QED) is 0.841. The van der Waals surface area contributed by atoms with E-state index in [1.54, 1.807) is 16.7 Å². The molecule has 2 aromatic carbocycles. The van der Waals surface area contributed by atoms with Crippen LogP contribution in [0.25, 0.3) is 0 Å². The van der Waals surface area contributed by atoms with E-state index in [1.807, 2.05) is 60.7 Å². The van der Waals surface area contributed by atoms with Gasteiger partial charge in [0.2, 0.25) is 5.91 Å². The summed E-state index contributed by atoms with van der Waals surface area (Å²) in [6.07, 6.45) is 0. The number of carbonyl (C=O) groups is 2. The lowest BCUT2D eigenvalue weighted by molar-refractivity contribution is -0.154. The number of benzene rings is 2. The average molecular weight is 338 g/mol. The van der Waals surface area contributed by atoms with E-state index in [-0.39, 0.29) is 25.0 Å². The molecule has 0 aromatic heterocycles. The van der Waals surface area contributed by atoms with E-state index in [0.717, 1.165) is 11.1 Å². The summed E-state index contributed by atoms with van der Waals surface area (Å²) in [5, 5.41) is 0. The van der Waals surface area contributed by atoms with Gasteiger partial charge in [0.15, 0.2) is 5.60 Å². The Balaban J connectivity index is 1.76. The highest BCUT2D eigenvalue weighted by Crippen LogP contribution is 2.28. The second-order valence-electron chi connectivity index (χ2n) is 6.33. The van der Waals surface area contributed by atoms with Gasteiger partial charge in [-0.15, -0.1) is 0 Å². The van der Waals surface area contributed by atoms with Gasteiger partial charge in [-0.05, 0) is 18.1 Å². The molecule has 1 saturated heterocycles. The van der Waals surface area contributed by atoms with Crippen molar-refractivity contribution >= 4 is 11.8 Å². The molecule has 0 radical (unpaired) electrons.